The van der Waals surface area contributed by atoms with Gasteiger partial charge in [-0.25, -0.2) is 0 Å². The van der Waals surface area contributed by atoms with Crippen molar-refractivity contribution in [1.82, 2.24) is 19.8 Å². The lowest BCUT2D eigenvalue weighted by Gasteiger charge is -2.35. The number of rotatable bonds is 4. The van der Waals surface area contributed by atoms with E-state index >= 15 is 0 Å². The smallest absolute Gasteiger partial charge is 0.227 e. The Bertz CT molecular complexity index is 905. The highest BCUT2D eigenvalue weighted by atomic mass is 16.2. The molecule has 6 heteroatoms. The number of para-hydroxylation sites is 1. The molecule has 2 aromatic heterocycles. The summed E-state index contributed by atoms with van der Waals surface area (Å²) in [6.07, 6.45) is 6.39. The molecule has 1 fully saturated rings. The normalized spacial score (nSPS) is 14.8. The molecule has 26 heavy (non-hydrogen) atoms. The van der Waals surface area contributed by atoms with Crippen LogP contribution in [0, 0.1) is 0 Å². The van der Waals surface area contributed by atoms with E-state index < -0.39 is 0 Å². The van der Waals surface area contributed by atoms with Crippen LogP contribution in [0.15, 0.2) is 48.9 Å². The molecular weight excluding hydrogens is 328 g/mol. The fraction of sp³-hybridized carbons (Fsp3) is 0.300. The van der Waals surface area contributed by atoms with Crippen LogP contribution in [0.25, 0.3) is 10.9 Å². The van der Waals surface area contributed by atoms with Crippen LogP contribution in [0.5, 0.6) is 0 Å². The molecule has 3 aromatic rings. The van der Waals surface area contributed by atoms with Gasteiger partial charge in [-0.2, -0.15) is 0 Å². The first kappa shape index (κ1) is 16.4. The SMILES string of the molecule is O=C(Cc1cc[nH]c1)N1CCN(C(=O)Cc2c[nH]c3ccccc23)CC1. The topological polar surface area (TPSA) is 72.2 Å². The van der Waals surface area contributed by atoms with E-state index in [1.165, 1.54) is 0 Å². The minimum atomic E-state index is 0.118. The summed E-state index contributed by atoms with van der Waals surface area (Å²) in [7, 11) is 0. The number of fused-ring (bicyclic) bond motifs is 1. The Balaban J connectivity index is 1.32. The van der Waals surface area contributed by atoms with Crippen LogP contribution >= 0.6 is 0 Å². The Morgan fingerprint density at radius 1 is 0.885 bits per heavy atom. The molecule has 1 saturated heterocycles. The van der Waals surface area contributed by atoms with Crippen molar-refractivity contribution in [3.63, 3.8) is 0 Å². The summed E-state index contributed by atoms with van der Waals surface area (Å²) in [6, 6.07) is 9.93. The molecule has 2 amide bonds. The van der Waals surface area contributed by atoms with E-state index in [0.717, 1.165) is 22.0 Å². The zero-order valence-corrected chi connectivity index (χ0v) is 14.6. The number of nitrogens with one attached hydrogen (secondary N) is 2. The van der Waals surface area contributed by atoms with Crippen molar-refractivity contribution < 1.29 is 9.59 Å². The third kappa shape index (κ3) is 3.35. The maximum absolute atomic E-state index is 12.6. The number of aromatic nitrogens is 2. The average molecular weight is 350 g/mol. The third-order valence-electron chi connectivity index (χ3n) is 5.02. The predicted octanol–water partition coefficient (Wildman–Crippen LogP) is 1.95. The number of piperazine rings is 1. The molecule has 0 spiro atoms. The maximum atomic E-state index is 12.6. The Morgan fingerprint density at radius 3 is 2.27 bits per heavy atom. The molecule has 4 rings (SSSR count). The second-order valence-corrected chi connectivity index (χ2v) is 6.69. The largest absolute Gasteiger partial charge is 0.367 e. The number of amides is 2. The lowest BCUT2D eigenvalue weighted by Crippen LogP contribution is -2.51. The summed E-state index contributed by atoms with van der Waals surface area (Å²) < 4.78 is 0. The van der Waals surface area contributed by atoms with Crippen molar-refractivity contribution >= 4 is 22.7 Å². The van der Waals surface area contributed by atoms with Gasteiger partial charge in [-0.3, -0.25) is 9.59 Å². The first-order chi connectivity index (χ1) is 12.7. The van der Waals surface area contributed by atoms with Crippen LogP contribution in [0.1, 0.15) is 11.1 Å². The molecule has 0 aliphatic carbocycles. The summed E-state index contributed by atoms with van der Waals surface area (Å²) in [4.78, 5) is 34.9. The number of aromatic amines is 2. The van der Waals surface area contributed by atoms with E-state index in [1.807, 2.05) is 58.7 Å². The highest BCUT2D eigenvalue weighted by Crippen LogP contribution is 2.19. The Morgan fingerprint density at radius 2 is 1.58 bits per heavy atom. The number of carbonyl (C=O) groups excluding carboxylic acids is 2. The lowest BCUT2D eigenvalue weighted by atomic mass is 10.1. The maximum Gasteiger partial charge on any atom is 0.227 e. The number of carbonyl (C=O) groups is 2. The molecule has 1 aliphatic rings. The van der Waals surface area contributed by atoms with Crippen molar-refractivity contribution in [3.8, 4) is 0 Å². The van der Waals surface area contributed by atoms with Gasteiger partial charge in [0.2, 0.25) is 11.8 Å². The summed E-state index contributed by atoms with van der Waals surface area (Å²) in [5.41, 5.74) is 3.07. The second-order valence-electron chi connectivity index (χ2n) is 6.69. The highest BCUT2D eigenvalue weighted by molar-refractivity contribution is 5.89. The van der Waals surface area contributed by atoms with Gasteiger partial charge in [0, 0.05) is 55.7 Å². The molecule has 2 N–H and O–H groups in total. The van der Waals surface area contributed by atoms with Gasteiger partial charge in [-0.1, -0.05) is 18.2 Å². The molecule has 6 nitrogen and oxygen atoms in total. The van der Waals surface area contributed by atoms with Gasteiger partial charge in [0.05, 0.1) is 12.8 Å². The first-order valence-electron chi connectivity index (χ1n) is 8.93. The van der Waals surface area contributed by atoms with E-state index in [4.69, 9.17) is 0 Å². The van der Waals surface area contributed by atoms with E-state index in [2.05, 4.69) is 9.97 Å². The standard InChI is InChI=1S/C20H22N4O2/c25-19(11-15-5-6-21-13-15)23-7-9-24(10-8-23)20(26)12-16-14-22-18-4-2-1-3-17(16)18/h1-6,13-14,21-22H,7-12H2. The highest BCUT2D eigenvalue weighted by Gasteiger charge is 2.24. The predicted molar refractivity (Wildman–Crippen MR) is 99.7 cm³/mol. The Kier molecular flexibility index (Phi) is 4.48. The van der Waals surface area contributed by atoms with Crippen molar-refractivity contribution in [2.45, 2.75) is 12.8 Å². The van der Waals surface area contributed by atoms with E-state index in [-0.39, 0.29) is 11.8 Å². The van der Waals surface area contributed by atoms with Gasteiger partial charge < -0.3 is 19.8 Å². The van der Waals surface area contributed by atoms with Gasteiger partial charge in [0.25, 0.3) is 0 Å². The zero-order valence-electron chi connectivity index (χ0n) is 14.6. The van der Waals surface area contributed by atoms with Crippen LogP contribution < -0.4 is 0 Å². The first-order valence-corrected chi connectivity index (χ1v) is 8.93. The zero-order chi connectivity index (χ0) is 17.9. The van der Waals surface area contributed by atoms with Crippen LogP contribution in [-0.2, 0) is 22.4 Å². The number of H-pyrrole nitrogens is 2. The molecule has 0 unspecified atom stereocenters. The van der Waals surface area contributed by atoms with Crippen molar-refractivity contribution in [2.75, 3.05) is 26.2 Å². The monoisotopic (exact) mass is 350 g/mol. The molecule has 0 saturated carbocycles. The second kappa shape index (κ2) is 7.07. The molecular formula is C20H22N4O2. The third-order valence-corrected chi connectivity index (χ3v) is 5.02. The molecule has 0 bridgehead atoms. The number of hydrogen-bond acceptors (Lipinski definition) is 2. The van der Waals surface area contributed by atoms with Crippen LogP contribution in [0.4, 0.5) is 0 Å². The minimum absolute atomic E-state index is 0.118. The fourth-order valence-electron chi connectivity index (χ4n) is 3.51. The molecule has 1 aromatic carbocycles. The minimum Gasteiger partial charge on any atom is -0.367 e. The molecule has 134 valence electrons. The van der Waals surface area contributed by atoms with Crippen LogP contribution in [-0.4, -0.2) is 57.8 Å². The van der Waals surface area contributed by atoms with Crippen molar-refractivity contribution in [3.05, 3.63) is 60.0 Å². The van der Waals surface area contributed by atoms with Gasteiger partial charge in [-0.05, 0) is 23.3 Å². The number of nitrogens with zero attached hydrogens (tertiary/aromatic N) is 2. The van der Waals surface area contributed by atoms with Crippen molar-refractivity contribution in [2.24, 2.45) is 0 Å². The lowest BCUT2D eigenvalue weighted by molar-refractivity contribution is -0.138. The Hall–Kier alpha value is -3.02. The number of benzene rings is 1. The summed E-state index contributed by atoms with van der Waals surface area (Å²) in [5, 5.41) is 1.10. The van der Waals surface area contributed by atoms with E-state index in [0.29, 0.717) is 39.0 Å². The Labute approximate surface area is 151 Å². The molecule has 1 aliphatic heterocycles. The average Bonchev–Trinajstić information content (AvgIpc) is 3.32. The van der Waals surface area contributed by atoms with Gasteiger partial charge >= 0.3 is 0 Å². The van der Waals surface area contributed by atoms with Gasteiger partial charge in [-0.15, -0.1) is 0 Å². The van der Waals surface area contributed by atoms with Gasteiger partial charge in [0.15, 0.2) is 0 Å². The molecule has 0 radical (unpaired) electrons. The summed E-state index contributed by atoms with van der Waals surface area (Å²) >= 11 is 0. The summed E-state index contributed by atoms with van der Waals surface area (Å²) in [6.45, 7) is 2.39. The summed E-state index contributed by atoms with van der Waals surface area (Å²) in [5.74, 6) is 0.237. The molecule has 0 atom stereocenters. The van der Waals surface area contributed by atoms with Crippen LogP contribution in [0.2, 0.25) is 0 Å². The van der Waals surface area contributed by atoms with Gasteiger partial charge in [0.1, 0.15) is 0 Å². The quantitative estimate of drug-likeness (QED) is 0.755. The van der Waals surface area contributed by atoms with E-state index in [1.54, 1.807) is 0 Å². The number of hydrogen-bond donors (Lipinski definition) is 2. The van der Waals surface area contributed by atoms with Crippen LogP contribution in [0.3, 0.4) is 0 Å². The molecule has 3 heterocycles. The van der Waals surface area contributed by atoms with Crippen molar-refractivity contribution in [1.29, 1.82) is 0 Å². The van der Waals surface area contributed by atoms with E-state index in [9.17, 15) is 9.59 Å². The fourth-order valence-corrected chi connectivity index (χ4v) is 3.51.